The second-order valence-electron chi connectivity index (χ2n) is 19.1. The van der Waals surface area contributed by atoms with E-state index < -0.39 is 110 Å². The molecule has 1 aromatic rings. The van der Waals surface area contributed by atoms with E-state index in [0.29, 0.717) is 19.3 Å². The van der Waals surface area contributed by atoms with E-state index in [1.165, 1.54) is 51.0 Å². The van der Waals surface area contributed by atoms with Crippen LogP contribution in [0.25, 0.3) is 0 Å². The summed E-state index contributed by atoms with van der Waals surface area (Å²) >= 11 is 0. The molecule has 17 heteroatoms. The molecule has 3 fully saturated rings. The quantitative estimate of drug-likeness (QED) is 0.156. The summed E-state index contributed by atoms with van der Waals surface area (Å²) in [5.41, 5.74) is -2.01. The van der Waals surface area contributed by atoms with Gasteiger partial charge >= 0.3 is 5.97 Å². The van der Waals surface area contributed by atoms with E-state index in [2.05, 4.69) is 6.92 Å². The van der Waals surface area contributed by atoms with Gasteiger partial charge in [0.1, 0.15) is 28.4 Å². The Morgan fingerprint density at radius 2 is 1.61 bits per heavy atom. The zero-order valence-corrected chi connectivity index (χ0v) is 36.5. The van der Waals surface area contributed by atoms with Crippen molar-refractivity contribution in [2.75, 3.05) is 20.7 Å². The maximum absolute atomic E-state index is 13.3. The highest BCUT2D eigenvalue weighted by molar-refractivity contribution is 6.25. The van der Waals surface area contributed by atoms with Crippen LogP contribution in [0.1, 0.15) is 95.0 Å². The number of aliphatic hydroxyl groups excluding tert-OH is 3. The summed E-state index contributed by atoms with van der Waals surface area (Å²) in [5.74, 6) is -8.35. The van der Waals surface area contributed by atoms with Gasteiger partial charge in [0.15, 0.2) is 23.8 Å². The standard InChI is InChI=1S/C23H32O6.C22H24N2O8.ClH/c1-13(24)29-12-19(27)23(28)9-7-17-16-5-4-14-10-15(25)6-8-21(14,2)20(16)18(26)11-22(17,23)3;1-21(31)8-5-4-6-11(25)12(8)16(26)13-9(21)7-10-15(24(2)3)17(27)14(20(23)30)19(29)22(10,32)18(13)28;/h10,16-18,20,26,28H,4-9,11-12H2,1-3H3;4-6,9-10,15,25,27-28,31-32H,7H2,1-3H3,(H2,23,30);1H/t16-,17-,18-,20+,21-,22-,23-;9-,10-,15-,21+,22-;/m00./s1. The molecule has 0 saturated heterocycles. The predicted octanol–water partition coefficient (Wildman–Crippen LogP) is 2.56. The van der Waals surface area contributed by atoms with Gasteiger partial charge in [0.25, 0.3) is 5.91 Å². The first-order valence-corrected chi connectivity index (χ1v) is 20.8. The van der Waals surface area contributed by atoms with Gasteiger partial charge in [0.05, 0.1) is 23.3 Å². The number of ketones is 4. The van der Waals surface area contributed by atoms with Gasteiger partial charge in [-0.25, -0.2) is 0 Å². The van der Waals surface area contributed by atoms with Crippen molar-refractivity contribution in [2.24, 2.45) is 46.2 Å². The number of allylic oxidation sites excluding steroid dienone is 1. The molecular formula is C45H57ClN2O14. The molecule has 7 aliphatic carbocycles. The molecule has 0 aromatic heterocycles. The zero-order valence-electron chi connectivity index (χ0n) is 35.6. The topological polar surface area (TPSA) is 283 Å². The summed E-state index contributed by atoms with van der Waals surface area (Å²) in [6.45, 7) is 6.33. The number of phenolic OH excluding ortho intramolecular Hbond substituents is 1. The molecule has 1 aromatic carbocycles. The number of aliphatic hydroxyl groups is 6. The van der Waals surface area contributed by atoms with Crippen LogP contribution in [0.4, 0.5) is 0 Å². The first kappa shape index (κ1) is 47.0. The van der Waals surface area contributed by atoms with E-state index >= 15 is 0 Å². The molecule has 12 atom stereocenters. The zero-order chi connectivity index (χ0) is 45.1. The highest BCUT2D eigenvalue weighted by Gasteiger charge is 2.69. The molecule has 62 heavy (non-hydrogen) atoms. The van der Waals surface area contributed by atoms with Crippen molar-refractivity contribution < 1.29 is 69.2 Å². The van der Waals surface area contributed by atoms with Crippen LogP contribution in [0.3, 0.4) is 0 Å². The number of rotatable bonds is 5. The third-order valence-electron chi connectivity index (χ3n) is 15.9. The molecule has 7 aliphatic rings. The maximum Gasteiger partial charge on any atom is 0.303 e. The molecule has 16 nitrogen and oxygen atoms in total. The molecule has 0 bridgehead atoms. The van der Waals surface area contributed by atoms with Gasteiger partial charge in [0.2, 0.25) is 11.6 Å². The Morgan fingerprint density at radius 3 is 2.23 bits per heavy atom. The van der Waals surface area contributed by atoms with Gasteiger partial charge in [-0.15, -0.1) is 12.4 Å². The van der Waals surface area contributed by atoms with E-state index in [9.17, 15) is 64.5 Å². The van der Waals surface area contributed by atoms with Crippen LogP contribution in [-0.2, 0) is 34.3 Å². The number of likely N-dealkylation sites (N-methyl/N-ethyl adjacent to an activating group) is 1. The third kappa shape index (κ3) is 6.49. The number of phenols is 1. The number of ether oxygens (including phenoxy) is 1. The summed E-state index contributed by atoms with van der Waals surface area (Å²) < 4.78 is 4.89. The van der Waals surface area contributed by atoms with Crippen molar-refractivity contribution in [3.8, 4) is 5.75 Å². The molecule has 0 aliphatic heterocycles. The van der Waals surface area contributed by atoms with E-state index in [0.717, 1.165) is 31.3 Å². The van der Waals surface area contributed by atoms with Gasteiger partial charge < -0.3 is 46.2 Å². The Labute approximate surface area is 364 Å². The average Bonchev–Trinajstić information content (AvgIpc) is 3.44. The lowest BCUT2D eigenvalue weighted by Crippen LogP contribution is -2.65. The van der Waals surface area contributed by atoms with Crippen molar-refractivity contribution in [1.29, 1.82) is 0 Å². The highest BCUT2D eigenvalue weighted by atomic mass is 35.5. The number of primary amides is 1. The lowest BCUT2D eigenvalue weighted by molar-refractivity contribution is -0.184. The first-order chi connectivity index (χ1) is 28.3. The third-order valence-corrected chi connectivity index (χ3v) is 15.9. The molecule has 0 radical (unpaired) electrons. The van der Waals surface area contributed by atoms with Gasteiger partial charge in [-0.1, -0.05) is 31.6 Å². The largest absolute Gasteiger partial charge is 0.510 e. The molecule has 9 N–H and O–H groups in total. The fourth-order valence-corrected chi connectivity index (χ4v) is 12.9. The molecule has 3 saturated carbocycles. The van der Waals surface area contributed by atoms with E-state index in [4.69, 9.17) is 10.5 Å². The van der Waals surface area contributed by atoms with Crippen molar-refractivity contribution in [3.63, 3.8) is 0 Å². The van der Waals surface area contributed by atoms with E-state index in [-0.39, 0.29) is 58.9 Å². The SMILES string of the molecule is CC(=O)OCC(=O)[C@@]1(O)CC[C@H]2[C@@H]3CCC4=CC(=O)CC[C@]4(C)[C@H]3[C@@H](O)C[C@@]21C.CN(C)[C@@H]1C(O)=C(C(N)=O)C(=O)[C@@]2(O)C(O)=C3C(=O)c4c(O)cccc4[C@@](C)(O)[C@H]3C[C@@H]12.Cl. The Morgan fingerprint density at radius 1 is 0.952 bits per heavy atom. The smallest absolute Gasteiger partial charge is 0.303 e. The minimum absolute atomic E-state index is 0. The number of Topliss-reactive ketones (excluding diaryl/α,β-unsaturated/α-hetero) is 3. The monoisotopic (exact) mass is 884 g/mol. The van der Waals surface area contributed by atoms with Crippen LogP contribution in [0.5, 0.6) is 5.75 Å². The summed E-state index contributed by atoms with van der Waals surface area (Å²) in [6.07, 6.45) is 5.34. The number of halogens is 1. The molecule has 0 spiro atoms. The Kier molecular flexibility index (Phi) is 11.9. The second-order valence-corrected chi connectivity index (χ2v) is 19.1. The van der Waals surface area contributed by atoms with Crippen molar-refractivity contribution in [1.82, 2.24) is 4.90 Å². The van der Waals surface area contributed by atoms with Crippen LogP contribution >= 0.6 is 12.4 Å². The molecular weight excluding hydrogens is 828 g/mol. The first-order valence-electron chi connectivity index (χ1n) is 20.8. The molecule has 8 rings (SSSR count). The highest BCUT2D eigenvalue weighted by Crippen LogP contribution is 2.68. The summed E-state index contributed by atoms with van der Waals surface area (Å²) in [4.78, 5) is 75.8. The predicted molar refractivity (Wildman–Crippen MR) is 221 cm³/mol. The number of nitrogens with zero attached hydrogens (tertiary/aromatic N) is 1. The number of nitrogens with two attached hydrogens (primary N) is 1. The van der Waals surface area contributed by atoms with Gasteiger partial charge in [-0.05, 0) is 107 Å². The van der Waals surface area contributed by atoms with Crippen molar-refractivity contribution in [3.05, 3.63) is 63.6 Å². The number of carbonyl (C=O) groups is 6. The Bertz CT molecular complexity index is 2250. The maximum atomic E-state index is 13.3. The fourth-order valence-electron chi connectivity index (χ4n) is 12.9. The summed E-state index contributed by atoms with van der Waals surface area (Å²) in [6, 6.07) is 3.05. The van der Waals surface area contributed by atoms with Crippen LogP contribution in [0.2, 0.25) is 0 Å². The number of carbonyl (C=O) groups excluding carboxylic acids is 6. The summed E-state index contributed by atoms with van der Waals surface area (Å²) in [5, 5.41) is 77.8. The molecule has 1 amide bonds. The number of esters is 1. The number of aromatic hydroxyl groups is 1. The lowest BCUT2D eigenvalue weighted by atomic mass is 9.45. The molecule has 338 valence electrons. The number of fused-ring (bicyclic) bond motifs is 8. The minimum atomic E-state index is -2.75. The van der Waals surface area contributed by atoms with Crippen LogP contribution in [0.15, 0.2) is 52.5 Å². The van der Waals surface area contributed by atoms with Crippen molar-refractivity contribution >= 4 is 47.4 Å². The Balaban J connectivity index is 0.000000204. The average molecular weight is 885 g/mol. The van der Waals surface area contributed by atoms with Crippen LogP contribution < -0.4 is 5.73 Å². The van der Waals surface area contributed by atoms with Gasteiger partial charge in [0, 0.05) is 36.2 Å². The minimum Gasteiger partial charge on any atom is -0.510 e. The van der Waals surface area contributed by atoms with Crippen LogP contribution in [-0.4, -0.2) is 120 Å². The number of amides is 1. The number of hydrogen-bond donors (Lipinski definition) is 8. The molecule has 0 unspecified atom stereocenters. The van der Waals surface area contributed by atoms with E-state index in [1.54, 1.807) is 6.08 Å². The lowest BCUT2D eigenvalue weighted by Gasteiger charge is -2.60. The fraction of sp³-hybridized carbons (Fsp3) is 0.600. The van der Waals surface area contributed by atoms with Crippen molar-refractivity contribution in [2.45, 2.75) is 108 Å². The Hall–Kier alpha value is -4.45. The van der Waals surface area contributed by atoms with E-state index in [1.807, 2.05) is 6.92 Å². The van der Waals surface area contributed by atoms with Crippen LogP contribution in [0, 0.1) is 40.4 Å². The number of hydrogen-bond acceptors (Lipinski definition) is 15. The van der Waals surface area contributed by atoms with Gasteiger partial charge in [-0.3, -0.25) is 33.7 Å². The van der Waals surface area contributed by atoms with Gasteiger partial charge in [-0.2, -0.15) is 0 Å². The molecule has 0 heterocycles. The number of benzene rings is 1. The normalized spacial score (nSPS) is 39.4. The summed E-state index contributed by atoms with van der Waals surface area (Å²) in [7, 11) is 3.06. The second kappa shape index (κ2) is 15.7.